The van der Waals surface area contributed by atoms with Crippen LogP contribution in [0.2, 0.25) is 0 Å². The van der Waals surface area contributed by atoms with Crippen LogP contribution in [0.1, 0.15) is 97.7 Å². The average molecular weight is 699 g/mol. The number of imidazole rings is 2. The number of hydrogen-bond donors (Lipinski definition) is 2. The minimum absolute atomic E-state index is 0.0768. The van der Waals surface area contributed by atoms with Gasteiger partial charge in [0, 0.05) is 61.5 Å². The summed E-state index contributed by atoms with van der Waals surface area (Å²) in [5.74, 6) is 0.882. The zero-order valence-corrected chi connectivity index (χ0v) is 29.2. The SMILES string of the molecule is CS(=O)(=O)N1CCCC(C(O)c2c(C3CC3)ccn3cncc23)C1.CS(=O)(=O)N1CCCC(C(O)c2c(C3CC3)ccn3cncc23)C1. The Morgan fingerprint density at radius 3 is 1.42 bits per heavy atom. The summed E-state index contributed by atoms with van der Waals surface area (Å²) in [6.45, 7) is 1.88. The van der Waals surface area contributed by atoms with Crippen molar-refractivity contribution in [3.63, 3.8) is 0 Å². The quantitative estimate of drug-likeness (QED) is 0.282. The van der Waals surface area contributed by atoms with Crippen LogP contribution in [0.5, 0.6) is 0 Å². The van der Waals surface area contributed by atoms with E-state index in [1.807, 2.05) is 21.2 Å². The molecular weight excluding hydrogens is 653 g/mol. The number of hydrogen-bond acceptors (Lipinski definition) is 8. The fraction of sp³-hybridized carbons (Fsp3) is 0.588. The summed E-state index contributed by atoms with van der Waals surface area (Å²) < 4.78 is 54.4. The highest BCUT2D eigenvalue weighted by molar-refractivity contribution is 7.88. The van der Waals surface area contributed by atoms with E-state index in [-0.39, 0.29) is 11.8 Å². The number of aliphatic hydroxyl groups excluding tert-OH is 2. The van der Waals surface area contributed by atoms with E-state index < -0.39 is 32.3 Å². The van der Waals surface area contributed by atoms with E-state index in [4.69, 9.17) is 0 Å². The molecule has 0 amide bonds. The molecule has 0 spiro atoms. The highest BCUT2D eigenvalue weighted by atomic mass is 32.2. The molecule has 2 aliphatic heterocycles. The Balaban J connectivity index is 0.000000152. The van der Waals surface area contributed by atoms with Crippen LogP contribution in [-0.4, -0.2) is 93.1 Å². The third-order valence-corrected chi connectivity index (χ3v) is 13.2. The molecular formula is C34H46N6O6S2. The lowest BCUT2D eigenvalue weighted by atomic mass is 9.86. The van der Waals surface area contributed by atoms with Gasteiger partial charge in [-0.2, -0.15) is 0 Å². The van der Waals surface area contributed by atoms with Crippen molar-refractivity contribution in [1.29, 1.82) is 0 Å². The summed E-state index contributed by atoms with van der Waals surface area (Å²) in [5, 5.41) is 22.3. The molecule has 0 radical (unpaired) electrons. The normalized spacial score (nSPS) is 24.3. The van der Waals surface area contributed by atoms with E-state index >= 15 is 0 Å². The number of piperidine rings is 2. The number of pyridine rings is 2. The Labute approximate surface area is 282 Å². The molecule has 4 aliphatic rings. The average Bonchev–Trinajstić information content (AvgIpc) is 4.00. The summed E-state index contributed by atoms with van der Waals surface area (Å²) in [7, 11) is -6.43. The van der Waals surface area contributed by atoms with Gasteiger partial charge in [0.2, 0.25) is 20.0 Å². The summed E-state index contributed by atoms with van der Waals surface area (Å²) in [6, 6.07) is 4.17. The van der Waals surface area contributed by atoms with Gasteiger partial charge in [-0.05, 0) is 86.5 Å². The molecule has 4 aromatic rings. The van der Waals surface area contributed by atoms with Crippen LogP contribution in [0, 0.1) is 11.8 Å². The molecule has 2 saturated carbocycles. The topological polar surface area (TPSA) is 150 Å². The standard InChI is InChI=1S/2C17H23N3O3S/c2*1-24(22,23)20-7-2-3-13(10-20)17(21)16-14(12-4-5-12)6-8-19-11-18-9-15(16)19/h2*6,8-9,11-13,17,21H,2-5,7,10H2,1H3. The number of aromatic nitrogens is 4. The second-order valence-corrected chi connectivity index (χ2v) is 18.2. The number of fused-ring (bicyclic) bond motifs is 2. The third kappa shape index (κ3) is 6.92. The number of sulfonamides is 2. The van der Waals surface area contributed by atoms with Gasteiger partial charge in [0.05, 0.1) is 60.8 Å². The van der Waals surface area contributed by atoms with Crippen molar-refractivity contribution >= 4 is 31.1 Å². The van der Waals surface area contributed by atoms with Gasteiger partial charge in [-0.3, -0.25) is 0 Å². The maximum absolute atomic E-state index is 11.9. The Morgan fingerprint density at radius 2 is 1.06 bits per heavy atom. The van der Waals surface area contributed by atoms with Gasteiger partial charge in [0.1, 0.15) is 0 Å². The minimum Gasteiger partial charge on any atom is -0.388 e. The third-order valence-electron chi connectivity index (χ3n) is 10.6. The molecule has 4 atom stereocenters. The van der Waals surface area contributed by atoms with Gasteiger partial charge >= 0.3 is 0 Å². The Morgan fingerprint density at radius 1 is 0.667 bits per heavy atom. The first-order valence-electron chi connectivity index (χ1n) is 17.1. The minimum atomic E-state index is -3.22. The molecule has 4 unspecified atom stereocenters. The lowest BCUT2D eigenvalue weighted by Crippen LogP contribution is -2.41. The molecule has 12 nitrogen and oxygen atoms in total. The van der Waals surface area contributed by atoms with Crippen molar-refractivity contribution < 1.29 is 27.0 Å². The Bertz CT molecular complexity index is 1860. The smallest absolute Gasteiger partial charge is 0.211 e. The number of rotatable bonds is 8. The van der Waals surface area contributed by atoms with Crippen molar-refractivity contribution in [2.24, 2.45) is 11.8 Å². The van der Waals surface area contributed by atoms with E-state index in [9.17, 15) is 27.0 Å². The van der Waals surface area contributed by atoms with Crippen molar-refractivity contribution in [3.05, 3.63) is 71.8 Å². The molecule has 2 aliphatic carbocycles. The number of nitrogens with zero attached hydrogens (tertiary/aromatic N) is 6. The largest absolute Gasteiger partial charge is 0.388 e. The maximum atomic E-state index is 11.9. The second kappa shape index (κ2) is 13.1. The van der Waals surface area contributed by atoms with Gasteiger partial charge in [-0.1, -0.05) is 0 Å². The van der Waals surface area contributed by atoms with Crippen LogP contribution in [0.15, 0.2) is 49.6 Å². The monoisotopic (exact) mass is 698 g/mol. The van der Waals surface area contributed by atoms with E-state index in [1.54, 1.807) is 25.0 Å². The zero-order chi connectivity index (χ0) is 33.8. The summed E-state index contributed by atoms with van der Waals surface area (Å²) >= 11 is 0. The van der Waals surface area contributed by atoms with Gasteiger partial charge in [-0.25, -0.2) is 35.4 Å². The van der Waals surface area contributed by atoms with Crippen LogP contribution in [0.4, 0.5) is 0 Å². The molecule has 8 rings (SSSR count). The predicted molar refractivity (Wildman–Crippen MR) is 183 cm³/mol. The van der Waals surface area contributed by atoms with E-state index in [1.165, 1.54) is 32.2 Å². The molecule has 6 heterocycles. The summed E-state index contributed by atoms with van der Waals surface area (Å²) in [4.78, 5) is 8.42. The molecule has 0 aromatic carbocycles. The van der Waals surface area contributed by atoms with Crippen LogP contribution < -0.4 is 0 Å². The lowest BCUT2D eigenvalue weighted by Gasteiger charge is -2.34. The number of aliphatic hydroxyl groups is 2. The molecule has 48 heavy (non-hydrogen) atoms. The molecule has 2 saturated heterocycles. The highest BCUT2D eigenvalue weighted by Gasteiger charge is 2.37. The molecule has 0 bridgehead atoms. The zero-order valence-electron chi connectivity index (χ0n) is 27.6. The first-order valence-corrected chi connectivity index (χ1v) is 20.7. The van der Waals surface area contributed by atoms with Crippen LogP contribution >= 0.6 is 0 Å². The molecule has 4 fully saturated rings. The fourth-order valence-corrected chi connectivity index (χ4v) is 9.59. The summed E-state index contributed by atoms with van der Waals surface area (Å²) in [5.41, 5.74) is 6.15. The van der Waals surface area contributed by atoms with E-state index in [0.717, 1.165) is 73.5 Å². The maximum Gasteiger partial charge on any atom is 0.211 e. The molecule has 14 heteroatoms. The van der Waals surface area contributed by atoms with Gasteiger partial charge < -0.3 is 19.0 Å². The first-order chi connectivity index (χ1) is 22.9. The predicted octanol–water partition coefficient (Wildman–Crippen LogP) is 3.83. The molecule has 4 aromatic heterocycles. The van der Waals surface area contributed by atoms with Crippen LogP contribution in [0.3, 0.4) is 0 Å². The summed E-state index contributed by atoms with van der Waals surface area (Å²) in [6.07, 6.45) is 20.1. The lowest BCUT2D eigenvalue weighted by molar-refractivity contribution is 0.0737. The highest BCUT2D eigenvalue weighted by Crippen LogP contribution is 2.47. The fourth-order valence-electron chi connectivity index (χ4n) is 7.74. The first kappa shape index (κ1) is 33.6. The van der Waals surface area contributed by atoms with Crippen LogP contribution in [-0.2, 0) is 20.0 Å². The van der Waals surface area contributed by atoms with Crippen molar-refractivity contribution in [1.82, 2.24) is 27.4 Å². The molecule has 260 valence electrons. The van der Waals surface area contributed by atoms with Gasteiger partial charge in [0.15, 0.2) is 0 Å². The Kier molecular flexibility index (Phi) is 9.18. The van der Waals surface area contributed by atoms with Gasteiger partial charge in [0.25, 0.3) is 0 Å². The van der Waals surface area contributed by atoms with Gasteiger partial charge in [-0.15, -0.1) is 0 Å². The molecule has 2 N–H and O–H groups in total. The van der Waals surface area contributed by atoms with Crippen LogP contribution in [0.25, 0.3) is 11.0 Å². The van der Waals surface area contributed by atoms with Crippen molar-refractivity contribution in [2.45, 2.75) is 75.4 Å². The van der Waals surface area contributed by atoms with Crippen molar-refractivity contribution in [3.8, 4) is 0 Å². The second-order valence-electron chi connectivity index (χ2n) is 14.2. The Hall–Kier alpha value is -2.88. The van der Waals surface area contributed by atoms with E-state index in [0.29, 0.717) is 38.0 Å². The van der Waals surface area contributed by atoms with E-state index in [2.05, 4.69) is 22.1 Å². The van der Waals surface area contributed by atoms with Crippen molar-refractivity contribution in [2.75, 3.05) is 38.7 Å².